The van der Waals surface area contributed by atoms with E-state index in [4.69, 9.17) is 0 Å². The van der Waals surface area contributed by atoms with E-state index in [-0.39, 0.29) is 5.78 Å². The smallest absolute Gasteiger partial charge is 0.185 e. The Morgan fingerprint density at radius 1 is 1.05 bits per heavy atom. The van der Waals surface area contributed by atoms with Crippen LogP contribution in [0.1, 0.15) is 38.3 Å². The van der Waals surface area contributed by atoms with E-state index in [2.05, 4.69) is 4.98 Å². The summed E-state index contributed by atoms with van der Waals surface area (Å²) in [5, 5.41) is 0. The van der Waals surface area contributed by atoms with E-state index >= 15 is 0 Å². The Labute approximate surface area is 114 Å². The Morgan fingerprint density at radius 3 is 2.26 bits per heavy atom. The first-order valence-corrected chi connectivity index (χ1v) is 6.50. The van der Waals surface area contributed by atoms with Gasteiger partial charge in [-0.2, -0.15) is 0 Å². The lowest BCUT2D eigenvalue weighted by atomic mass is 9.96. The van der Waals surface area contributed by atoms with Crippen LogP contribution >= 0.6 is 0 Å². The van der Waals surface area contributed by atoms with Gasteiger partial charge in [0.15, 0.2) is 5.78 Å². The minimum absolute atomic E-state index is 0.0925. The summed E-state index contributed by atoms with van der Waals surface area (Å²) in [4.78, 5) is 16.7. The minimum atomic E-state index is 0.0925. The number of benzene rings is 1. The lowest BCUT2D eigenvalue weighted by Crippen LogP contribution is -2.10. The summed E-state index contributed by atoms with van der Waals surface area (Å²) in [6.07, 6.45) is 2.18. The Bertz CT molecular complexity index is 609. The molecule has 2 aromatic rings. The molecule has 2 rings (SSSR count). The van der Waals surface area contributed by atoms with Crippen molar-refractivity contribution >= 4 is 5.78 Å². The molecule has 0 saturated carbocycles. The zero-order chi connectivity index (χ0) is 14.0. The highest BCUT2D eigenvalue weighted by Gasteiger charge is 2.14. The lowest BCUT2D eigenvalue weighted by molar-refractivity contribution is 0.0987. The van der Waals surface area contributed by atoms with Crippen LogP contribution in [0.2, 0.25) is 0 Å². The molecule has 0 aliphatic heterocycles. The molecule has 2 nitrogen and oxygen atoms in total. The SMILES string of the molecule is Cc1cnc(C(=O)Cc2c(C)cccc2C)c(C)c1. The van der Waals surface area contributed by atoms with Gasteiger partial charge in [0.25, 0.3) is 0 Å². The zero-order valence-corrected chi connectivity index (χ0v) is 11.9. The van der Waals surface area contributed by atoms with Crippen molar-refractivity contribution < 1.29 is 4.79 Å². The Morgan fingerprint density at radius 2 is 1.68 bits per heavy atom. The third-order valence-electron chi connectivity index (χ3n) is 3.46. The Hall–Kier alpha value is -1.96. The van der Waals surface area contributed by atoms with Gasteiger partial charge in [0.05, 0.1) is 0 Å². The van der Waals surface area contributed by atoms with Gasteiger partial charge in [-0.05, 0) is 55.5 Å². The molecule has 1 aromatic heterocycles. The number of ketones is 1. The molecule has 0 unspecified atom stereocenters. The van der Waals surface area contributed by atoms with E-state index in [9.17, 15) is 4.79 Å². The van der Waals surface area contributed by atoms with E-state index < -0.39 is 0 Å². The average molecular weight is 253 g/mol. The van der Waals surface area contributed by atoms with E-state index in [0.717, 1.165) is 27.8 Å². The maximum absolute atomic E-state index is 12.4. The molecular formula is C17H19NO. The third-order valence-corrected chi connectivity index (χ3v) is 3.46. The van der Waals surface area contributed by atoms with Gasteiger partial charge >= 0.3 is 0 Å². The number of hydrogen-bond acceptors (Lipinski definition) is 2. The standard InChI is InChI=1S/C17H19NO/c1-11-8-14(4)17(18-10-11)16(19)9-15-12(2)6-5-7-13(15)3/h5-8,10H,9H2,1-4H3. The molecule has 0 fully saturated rings. The molecule has 98 valence electrons. The first-order chi connectivity index (χ1) is 8.99. The molecule has 0 bridgehead atoms. The summed E-state index contributed by atoms with van der Waals surface area (Å²) in [7, 11) is 0. The largest absolute Gasteiger partial charge is 0.292 e. The normalized spacial score (nSPS) is 10.5. The van der Waals surface area contributed by atoms with Gasteiger partial charge in [-0.25, -0.2) is 0 Å². The number of carbonyl (C=O) groups is 1. The molecule has 0 amide bonds. The van der Waals surface area contributed by atoms with Gasteiger partial charge in [-0.3, -0.25) is 9.78 Å². The molecule has 0 atom stereocenters. The predicted octanol–water partition coefficient (Wildman–Crippen LogP) is 3.74. The van der Waals surface area contributed by atoms with Gasteiger partial charge in [0.2, 0.25) is 0 Å². The number of carbonyl (C=O) groups excluding carboxylic acids is 1. The van der Waals surface area contributed by atoms with Crippen molar-refractivity contribution in [3.05, 3.63) is 64.0 Å². The molecule has 0 aliphatic carbocycles. The van der Waals surface area contributed by atoms with Crippen molar-refractivity contribution in [3.63, 3.8) is 0 Å². The van der Waals surface area contributed by atoms with Gasteiger partial charge in [0, 0.05) is 12.6 Å². The second-order valence-corrected chi connectivity index (χ2v) is 5.15. The first-order valence-electron chi connectivity index (χ1n) is 6.50. The molecule has 0 aliphatic rings. The van der Waals surface area contributed by atoms with Crippen LogP contribution in [-0.2, 0) is 6.42 Å². The first kappa shape index (κ1) is 13.5. The molecular weight excluding hydrogens is 234 g/mol. The van der Waals surface area contributed by atoms with Gasteiger partial charge < -0.3 is 0 Å². The van der Waals surface area contributed by atoms with Crippen LogP contribution in [0.25, 0.3) is 0 Å². The number of Topliss-reactive ketones (excluding diaryl/α,β-unsaturated/α-hetero) is 1. The highest BCUT2D eigenvalue weighted by molar-refractivity contribution is 5.97. The topological polar surface area (TPSA) is 30.0 Å². The van der Waals surface area contributed by atoms with Crippen molar-refractivity contribution in [2.45, 2.75) is 34.1 Å². The van der Waals surface area contributed by atoms with Crippen molar-refractivity contribution in [2.24, 2.45) is 0 Å². The minimum Gasteiger partial charge on any atom is -0.292 e. The maximum Gasteiger partial charge on any atom is 0.185 e. The summed E-state index contributed by atoms with van der Waals surface area (Å²) >= 11 is 0. The fourth-order valence-electron chi connectivity index (χ4n) is 2.38. The molecule has 1 heterocycles. The average Bonchev–Trinajstić information content (AvgIpc) is 2.33. The monoisotopic (exact) mass is 253 g/mol. The van der Waals surface area contributed by atoms with Crippen molar-refractivity contribution in [1.29, 1.82) is 0 Å². The van der Waals surface area contributed by atoms with Crippen molar-refractivity contribution in [1.82, 2.24) is 4.98 Å². The van der Waals surface area contributed by atoms with E-state index in [1.165, 1.54) is 0 Å². The number of aryl methyl sites for hydroxylation is 4. The zero-order valence-electron chi connectivity index (χ0n) is 11.9. The fourth-order valence-corrected chi connectivity index (χ4v) is 2.38. The van der Waals surface area contributed by atoms with E-state index in [1.807, 2.05) is 52.0 Å². The Balaban J connectivity index is 2.31. The molecule has 0 N–H and O–H groups in total. The highest BCUT2D eigenvalue weighted by atomic mass is 16.1. The molecule has 19 heavy (non-hydrogen) atoms. The van der Waals surface area contributed by atoms with Crippen molar-refractivity contribution in [3.8, 4) is 0 Å². The number of nitrogens with zero attached hydrogens (tertiary/aromatic N) is 1. The number of pyridine rings is 1. The molecule has 0 radical (unpaired) electrons. The molecule has 2 heteroatoms. The lowest BCUT2D eigenvalue weighted by Gasteiger charge is -2.10. The number of aromatic nitrogens is 1. The van der Waals surface area contributed by atoms with Crippen molar-refractivity contribution in [2.75, 3.05) is 0 Å². The summed E-state index contributed by atoms with van der Waals surface area (Å²) in [5.41, 5.74) is 6.08. The molecule has 0 spiro atoms. The predicted molar refractivity (Wildman–Crippen MR) is 77.7 cm³/mol. The second-order valence-electron chi connectivity index (χ2n) is 5.15. The quantitative estimate of drug-likeness (QED) is 0.780. The van der Waals surface area contributed by atoms with Crippen LogP contribution in [0.5, 0.6) is 0 Å². The van der Waals surface area contributed by atoms with Crippen LogP contribution in [0.4, 0.5) is 0 Å². The van der Waals surface area contributed by atoms with Gasteiger partial charge in [0.1, 0.15) is 5.69 Å². The molecule has 0 saturated heterocycles. The number of hydrogen-bond donors (Lipinski definition) is 0. The summed E-state index contributed by atoms with van der Waals surface area (Å²) in [6.45, 7) is 8.02. The third kappa shape index (κ3) is 2.90. The summed E-state index contributed by atoms with van der Waals surface area (Å²) in [6, 6.07) is 8.12. The highest BCUT2D eigenvalue weighted by Crippen LogP contribution is 2.17. The van der Waals surface area contributed by atoms with Crippen LogP contribution in [0.15, 0.2) is 30.5 Å². The Kier molecular flexibility index (Phi) is 3.79. The summed E-state index contributed by atoms with van der Waals surface area (Å²) < 4.78 is 0. The van der Waals surface area contributed by atoms with E-state index in [0.29, 0.717) is 12.1 Å². The van der Waals surface area contributed by atoms with Gasteiger partial charge in [-0.1, -0.05) is 24.3 Å². The van der Waals surface area contributed by atoms with Crippen LogP contribution in [-0.4, -0.2) is 10.8 Å². The molecule has 1 aromatic carbocycles. The number of rotatable bonds is 3. The fraction of sp³-hybridized carbons (Fsp3) is 0.294. The van der Waals surface area contributed by atoms with Crippen LogP contribution in [0, 0.1) is 27.7 Å². The second kappa shape index (κ2) is 5.35. The van der Waals surface area contributed by atoms with Gasteiger partial charge in [-0.15, -0.1) is 0 Å². The van der Waals surface area contributed by atoms with E-state index in [1.54, 1.807) is 6.20 Å². The maximum atomic E-state index is 12.4. The van der Waals surface area contributed by atoms with Crippen LogP contribution in [0.3, 0.4) is 0 Å². The summed E-state index contributed by atoms with van der Waals surface area (Å²) in [5.74, 6) is 0.0925. The van der Waals surface area contributed by atoms with Crippen LogP contribution < -0.4 is 0 Å².